The Labute approximate surface area is 87.5 Å². The van der Waals surface area contributed by atoms with Crippen LogP contribution in [0.5, 0.6) is 0 Å². The second-order valence-corrected chi connectivity index (χ2v) is 3.71. The summed E-state index contributed by atoms with van der Waals surface area (Å²) in [5.74, 6) is -0.510. The summed E-state index contributed by atoms with van der Waals surface area (Å²) in [6.07, 6.45) is 0. The van der Waals surface area contributed by atoms with E-state index in [-0.39, 0.29) is 18.3 Å². The largest absolute Gasteiger partial charge is 0.395 e. The van der Waals surface area contributed by atoms with Crippen LogP contribution in [0.15, 0.2) is 18.2 Å². The molecule has 0 amide bonds. The van der Waals surface area contributed by atoms with Crippen molar-refractivity contribution >= 4 is 11.6 Å². The van der Waals surface area contributed by atoms with Gasteiger partial charge in [-0.25, -0.2) is 4.39 Å². The van der Waals surface area contributed by atoms with Gasteiger partial charge in [0.15, 0.2) is 0 Å². The number of nitrogens with two attached hydrogens (primary N) is 1. The minimum Gasteiger partial charge on any atom is -0.395 e. The molecule has 2 unspecified atom stereocenters. The monoisotopic (exact) mass is 217 g/mol. The highest BCUT2D eigenvalue weighted by Gasteiger charge is 2.17. The normalized spacial score (nSPS) is 15.2. The first-order valence-corrected chi connectivity index (χ1v) is 4.75. The van der Waals surface area contributed by atoms with Gasteiger partial charge in [0.2, 0.25) is 0 Å². The predicted molar refractivity (Wildman–Crippen MR) is 54.9 cm³/mol. The number of halogens is 2. The summed E-state index contributed by atoms with van der Waals surface area (Å²) < 4.78 is 12.9. The van der Waals surface area contributed by atoms with E-state index in [9.17, 15) is 4.39 Å². The number of aliphatic hydroxyl groups excluding tert-OH is 1. The third kappa shape index (κ3) is 2.44. The Morgan fingerprint density at radius 2 is 2.21 bits per heavy atom. The fourth-order valence-electron chi connectivity index (χ4n) is 1.25. The summed E-state index contributed by atoms with van der Waals surface area (Å²) in [6.45, 7) is 1.66. The molecule has 3 N–H and O–H groups in total. The summed E-state index contributed by atoms with van der Waals surface area (Å²) in [5, 5.41) is 9.34. The molecule has 1 aromatic rings. The molecular formula is C10H13ClFNO. The van der Waals surface area contributed by atoms with Crippen LogP contribution in [0.3, 0.4) is 0 Å². The van der Waals surface area contributed by atoms with Gasteiger partial charge in [-0.1, -0.05) is 18.5 Å². The van der Waals surface area contributed by atoms with Crippen LogP contribution < -0.4 is 5.73 Å². The van der Waals surface area contributed by atoms with Crippen molar-refractivity contribution < 1.29 is 9.50 Å². The molecule has 78 valence electrons. The molecule has 2 nitrogen and oxygen atoms in total. The summed E-state index contributed by atoms with van der Waals surface area (Å²) in [7, 11) is 0. The van der Waals surface area contributed by atoms with Crippen LogP contribution in [-0.2, 0) is 0 Å². The third-order valence-corrected chi connectivity index (χ3v) is 2.65. The number of hydrogen-bond donors (Lipinski definition) is 2. The molecule has 1 rings (SSSR count). The van der Waals surface area contributed by atoms with E-state index in [1.54, 1.807) is 0 Å². The van der Waals surface area contributed by atoms with E-state index in [4.69, 9.17) is 22.4 Å². The maximum absolute atomic E-state index is 12.9. The first kappa shape index (κ1) is 11.4. The summed E-state index contributed by atoms with van der Waals surface area (Å²) in [5.41, 5.74) is 6.27. The summed E-state index contributed by atoms with van der Waals surface area (Å²) >= 11 is 5.89. The summed E-state index contributed by atoms with van der Waals surface area (Å²) in [4.78, 5) is 0. The lowest BCUT2D eigenvalue weighted by atomic mass is 9.94. The molecule has 0 fully saturated rings. The smallest absolute Gasteiger partial charge is 0.123 e. The Morgan fingerprint density at radius 3 is 2.79 bits per heavy atom. The molecule has 4 heteroatoms. The first-order chi connectivity index (χ1) is 6.56. The minimum absolute atomic E-state index is 0.145. The molecule has 14 heavy (non-hydrogen) atoms. The van der Waals surface area contributed by atoms with E-state index in [1.807, 2.05) is 6.92 Å². The standard InChI is InChI=1S/C10H13ClFNO/c1-6(10(13)5-14)8-4-7(12)2-3-9(8)11/h2-4,6,10,14H,5,13H2,1H3. The van der Waals surface area contributed by atoms with E-state index in [2.05, 4.69) is 0 Å². The van der Waals surface area contributed by atoms with Gasteiger partial charge in [-0.15, -0.1) is 0 Å². The van der Waals surface area contributed by atoms with Gasteiger partial charge in [0.25, 0.3) is 0 Å². The van der Waals surface area contributed by atoms with Gasteiger partial charge in [0, 0.05) is 11.1 Å². The maximum atomic E-state index is 12.9. The average molecular weight is 218 g/mol. The zero-order valence-corrected chi connectivity index (χ0v) is 8.63. The lowest BCUT2D eigenvalue weighted by molar-refractivity contribution is 0.252. The number of aliphatic hydroxyl groups is 1. The van der Waals surface area contributed by atoms with Gasteiger partial charge in [-0.05, 0) is 29.7 Å². The molecule has 0 aliphatic heterocycles. The van der Waals surface area contributed by atoms with Crippen molar-refractivity contribution in [1.29, 1.82) is 0 Å². The van der Waals surface area contributed by atoms with Crippen LogP contribution in [0.4, 0.5) is 4.39 Å². The molecule has 0 radical (unpaired) electrons. The topological polar surface area (TPSA) is 46.2 Å². The van der Waals surface area contributed by atoms with Crippen molar-refractivity contribution in [2.24, 2.45) is 5.73 Å². The quantitative estimate of drug-likeness (QED) is 0.813. The Morgan fingerprint density at radius 1 is 1.57 bits per heavy atom. The zero-order chi connectivity index (χ0) is 10.7. The molecule has 0 saturated carbocycles. The molecule has 0 aliphatic rings. The van der Waals surface area contributed by atoms with E-state index >= 15 is 0 Å². The molecule has 0 spiro atoms. The van der Waals surface area contributed by atoms with Crippen LogP contribution in [0.2, 0.25) is 5.02 Å². The Hall–Kier alpha value is -0.640. The lowest BCUT2D eigenvalue weighted by Crippen LogP contribution is -2.30. The molecule has 0 bridgehead atoms. The predicted octanol–water partition coefficient (Wildman–Crippen LogP) is 1.90. The molecule has 2 atom stereocenters. The van der Waals surface area contributed by atoms with Gasteiger partial charge in [0.1, 0.15) is 5.82 Å². The van der Waals surface area contributed by atoms with Crippen LogP contribution in [0.25, 0.3) is 0 Å². The highest BCUT2D eigenvalue weighted by atomic mass is 35.5. The van der Waals surface area contributed by atoms with Crippen LogP contribution in [0, 0.1) is 5.82 Å². The fourth-order valence-corrected chi connectivity index (χ4v) is 1.54. The lowest BCUT2D eigenvalue weighted by Gasteiger charge is -2.19. The minimum atomic E-state index is -0.422. The van der Waals surface area contributed by atoms with Gasteiger partial charge >= 0.3 is 0 Å². The van der Waals surface area contributed by atoms with Gasteiger partial charge in [0.05, 0.1) is 6.61 Å². The molecule has 0 aromatic heterocycles. The number of benzene rings is 1. The van der Waals surface area contributed by atoms with Crippen LogP contribution >= 0.6 is 11.6 Å². The van der Waals surface area contributed by atoms with Crippen molar-refractivity contribution in [2.45, 2.75) is 18.9 Å². The van der Waals surface area contributed by atoms with Gasteiger partial charge in [-0.2, -0.15) is 0 Å². The highest BCUT2D eigenvalue weighted by Crippen LogP contribution is 2.26. The SMILES string of the molecule is CC(c1cc(F)ccc1Cl)C(N)CO. The molecule has 0 aliphatic carbocycles. The second kappa shape index (κ2) is 4.73. The van der Waals surface area contributed by atoms with E-state index < -0.39 is 6.04 Å². The van der Waals surface area contributed by atoms with Crippen LogP contribution in [0.1, 0.15) is 18.4 Å². The third-order valence-electron chi connectivity index (χ3n) is 2.30. The molecule has 1 aromatic carbocycles. The highest BCUT2D eigenvalue weighted by molar-refractivity contribution is 6.31. The van der Waals surface area contributed by atoms with Crippen molar-refractivity contribution in [3.8, 4) is 0 Å². The number of rotatable bonds is 3. The fraction of sp³-hybridized carbons (Fsp3) is 0.400. The zero-order valence-electron chi connectivity index (χ0n) is 7.87. The molecule has 0 saturated heterocycles. The van der Waals surface area contributed by atoms with Crippen molar-refractivity contribution in [3.05, 3.63) is 34.6 Å². The number of hydrogen-bond acceptors (Lipinski definition) is 2. The summed E-state index contributed by atoms with van der Waals surface area (Å²) in [6, 6.07) is 3.72. The Balaban J connectivity index is 2.99. The second-order valence-electron chi connectivity index (χ2n) is 3.30. The Bertz CT molecular complexity index is 319. The van der Waals surface area contributed by atoms with Gasteiger partial charge in [-0.3, -0.25) is 0 Å². The van der Waals surface area contributed by atoms with Crippen molar-refractivity contribution in [2.75, 3.05) is 6.61 Å². The first-order valence-electron chi connectivity index (χ1n) is 4.37. The molecule has 0 heterocycles. The van der Waals surface area contributed by atoms with E-state index in [0.717, 1.165) is 0 Å². The van der Waals surface area contributed by atoms with Crippen molar-refractivity contribution in [1.82, 2.24) is 0 Å². The Kier molecular flexibility index (Phi) is 3.86. The van der Waals surface area contributed by atoms with Gasteiger partial charge < -0.3 is 10.8 Å². The maximum Gasteiger partial charge on any atom is 0.123 e. The van der Waals surface area contributed by atoms with E-state index in [1.165, 1.54) is 18.2 Å². The molecular weight excluding hydrogens is 205 g/mol. The van der Waals surface area contributed by atoms with E-state index in [0.29, 0.717) is 10.6 Å². The van der Waals surface area contributed by atoms with Crippen molar-refractivity contribution in [3.63, 3.8) is 0 Å². The average Bonchev–Trinajstić information content (AvgIpc) is 2.19. The van der Waals surface area contributed by atoms with Crippen LogP contribution in [-0.4, -0.2) is 17.8 Å².